The Bertz CT molecular complexity index is 274. The Morgan fingerprint density at radius 3 is 2.47 bits per heavy atom. The van der Waals surface area contributed by atoms with E-state index in [-0.39, 0.29) is 18.0 Å². The molecule has 2 heterocycles. The minimum absolute atomic E-state index is 0.111. The third-order valence-corrected chi connectivity index (χ3v) is 2.97. The molecule has 6 nitrogen and oxygen atoms in total. The summed E-state index contributed by atoms with van der Waals surface area (Å²) in [5.74, 6) is -0.137. The molecule has 0 saturated carbocycles. The number of nitrogens with two attached hydrogens (primary N) is 1. The average Bonchev–Trinajstić information content (AvgIpc) is 2.65. The molecular weight excluding hydrogens is 198 g/mol. The Morgan fingerprint density at radius 2 is 2.00 bits per heavy atom. The molecule has 15 heavy (non-hydrogen) atoms. The van der Waals surface area contributed by atoms with Crippen molar-refractivity contribution < 1.29 is 14.3 Å². The molecule has 0 aliphatic carbocycles. The number of esters is 1. The molecule has 2 aliphatic rings. The van der Waals surface area contributed by atoms with E-state index >= 15 is 0 Å². The van der Waals surface area contributed by atoms with Gasteiger partial charge in [-0.25, -0.2) is 4.79 Å². The fourth-order valence-corrected chi connectivity index (χ4v) is 2.07. The smallest absolute Gasteiger partial charge is 0.323 e. The van der Waals surface area contributed by atoms with Gasteiger partial charge in [0.1, 0.15) is 6.04 Å². The summed E-state index contributed by atoms with van der Waals surface area (Å²) in [5.41, 5.74) is 5.17. The summed E-state index contributed by atoms with van der Waals surface area (Å²) in [7, 11) is 0. The number of hydrogen-bond donors (Lipinski definition) is 1. The minimum atomic E-state index is -0.386. The minimum Gasteiger partial charge on any atom is -0.464 e. The largest absolute Gasteiger partial charge is 0.464 e. The number of carbonyl (C=O) groups excluding carboxylic acids is 2. The van der Waals surface area contributed by atoms with Gasteiger partial charge in [0.05, 0.1) is 6.61 Å². The summed E-state index contributed by atoms with van der Waals surface area (Å²) in [6.45, 7) is 3.10. The predicted molar refractivity (Wildman–Crippen MR) is 52.1 cm³/mol. The van der Waals surface area contributed by atoms with Gasteiger partial charge in [0, 0.05) is 32.6 Å². The van der Waals surface area contributed by atoms with Gasteiger partial charge in [-0.2, -0.15) is 0 Å². The molecule has 6 heteroatoms. The first kappa shape index (κ1) is 10.2. The van der Waals surface area contributed by atoms with Crippen molar-refractivity contribution >= 4 is 12.0 Å². The van der Waals surface area contributed by atoms with Crippen LogP contribution in [0.1, 0.15) is 6.42 Å². The van der Waals surface area contributed by atoms with Crippen LogP contribution < -0.4 is 5.73 Å². The lowest BCUT2D eigenvalue weighted by molar-refractivity contribution is -0.142. The van der Waals surface area contributed by atoms with Crippen LogP contribution in [0.5, 0.6) is 0 Å². The number of carbonyl (C=O) groups is 2. The maximum absolute atomic E-state index is 11.3. The van der Waals surface area contributed by atoms with Crippen LogP contribution in [0, 0.1) is 0 Å². The van der Waals surface area contributed by atoms with Gasteiger partial charge in [-0.1, -0.05) is 0 Å². The molecule has 0 aromatic carbocycles. The van der Waals surface area contributed by atoms with Crippen LogP contribution in [-0.4, -0.2) is 60.6 Å². The van der Waals surface area contributed by atoms with E-state index in [2.05, 4.69) is 4.90 Å². The Labute approximate surface area is 87.9 Å². The Morgan fingerprint density at radius 1 is 1.33 bits per heavy atom. The zero-order valence-corrected chi connectivity index (χ0v) is 8.52. The molecule has 2 aliphatic heterocycles. The quantitative estimate of drug-likeness (QED) is 0.567. The summed E-state index contributed by atoms with van der Waals surface area (Å²) in [4.78, 5) is 25.9. The molecule has 2 rings (SSSR count). The first-order valence-corrected chi connectivity index (χ1v) is 5.13. The lowest BCUT2D eigenvalue weighted by atomic mass is 10.2. The molecule has 0 spiro atoms. The molecule has 0 aromatic heterocycles. The molecule has 0 aromatic rings. The number of hydrogen-bond acceptors (Lipinski definition) is 4. The summed E-state index contributed by atoms with van der Waals surface area (Å²) in [5, 5.41) is 0. The van der Waals surface area contributed by atoms with E-state index in [1.165, 1.54) is 0 Å². The molecule has 2 saturated heterocycles. The molecule has 0 bridgehead atoms. The van der Waals surface area contributed by atoms with Crippen LogP contribution in [0.2, 0.25) is 0 Å². The van der Waals surface area contributed by atoms with Gasteiger partial charge in [-0.05, 0) is 0 Å². The van der Waals surface area contributed by atoms with Crippen LogP contribution >= 0.6 is 0 Å². The summed E-state index contributed by atoms with van der Waals surface area (Å²) in [6.07, 6.45) is 0.759. The molecule has 84 valence electrons. The highest BCUT2D eigenvalue weighted by molar-refractivity contribution is 5.77. The number of cyclic esters (lactones) is 1. The van der Waals surface area contributed by atoms with Crippen molar-refractivity contribution in [1.29, 1.82) is 0 Å². The second-order valence-corrected chi connectivity index (χ2v) is 3.83. The van der Waals surface area contributed by atoms with Gasteiger partial charge < -0.3 is 15.4 Å². The lowest BCUT2D eigenvalue weighted by Gasteiger charge is -2.35. The summed E-state index contributed by atoms with van der Waals surface area (Å²) in [6, 6.07) is -0.497. The van der Waals surface area contributed by atoms with Gasteiger partial charge in [0.2, 0.25) is 0 Å². The number of urea groups is 1. The van der Waals surface area contributed by atoms with E-state index in [1.807, 2.05) is 0 Å². The third-order valence-electron chi connectivity index (χ3n) is 2.97. The van der Waals surface area contributed by atoms with Crippen LogP contribution in [-0.2, 0) is 9.53 Å². The Balaban J connectivity index is 1.87. The fraction of sp³-hybridized carbons (Fsp3) is 0.778. The third kappa shape index (κ3) is 2.04. The fourth-order valence-electron chi connectivity index (χ4n) is 2.07. The van der Waals surface area contributed by atoms with Gasteiger partial charge >= 0.3 is 12.0 Å². The number of piperazine rings is 1. The molecule has 1 atom stereocenters. The first-order chi connectivity index (χ1) is 7.18. The average molecular weight is 213 g/mol. The molecule has 2 fully saturated rings. The van der Waals surface area contributed by atoms with E-state index in [9.17, 15) is 9.59 Å². The van der Waals surface area contributed by atoms with E-state index in [0.29, 0.717) is 32.8 Å². The van der Waals surface area contributed by atoms with Crippen LogP contribution in [0.3, 0.4) is 0 Å². The van der Waals surface area contributed by atoms with Crippen molar-refractivity contribution in [3.8, 4) is 0 Å². The predicted octanol–water partition coefficient (Wildman–Crippen LogP) is -1.00. The second kappa shape index (κ2) is 4.06. The van der Waals surface area contributed by atoms with Crippen LogP contribution in [0.15, 0.2) is 0 Å². The molecule has 0 radical (unpaired) electrons. The number of amides is 2. The molecular formula is C9H15N3O3. The highest BCUT2D eigenvalue weighted by Gasteiger charge is 2.34. The number of rotatable bonds is 1. The zero-order chi connectivity index (χ0) is 10.8. The molecule has 2 N–H and O–H groups in total. The lowest BCUT2D eigenvalue weighted by Crippen LogP contribution is -2.54. The molecule has 2 amide bonds. The highest BCUT2D eigenvalue weighted by atomic mass is 16.5. The summed E-state index contributed by atoms with van der Waals surface area (Å²) < 4.78 is 4.91. The van der Waals surface area contributed by atoms with E-state index < -0.39 is 0 Å². The number of primary amides is 1. The van der Waals surface area contributed by atoms with E-state index in [1.54, 1.807) is 4.90 Å². The second-order valence-electron chi connectivity index (χ2n) is 3.83. The molecule has 1 unspecified atom stereocenters. The number of nitrogens with zero attached hydrogens (tertiary/aromatic N) is 2. The van der Waals surface area contributed by atoms with E-state index in [0.717, 1.165) is 6.42 Å². The van der Waals surface area contributed by atoms with Crippen molar-refractivity contribution in [2.24, 2.45) is 5.73 Å². The SMILES string of the molecule is NC(=O)N1CCN(C2CCOC2=O)CC1. The Kier molecular flexibility index (Phi) is 2.77. The van der Waals surface area contributed by atoms with E-state index in [4.69, 9.17) is 10.5 Å². The van der Waals surface area contributed by atoms with Crippen molar-refractivity contribution in [2.45, 2.75) is 12.5 Å². The highest BCUT2D eigenvalue weighted by Crippen LogP contribution is 2.15. The van der Waals surface area contributed by atoms with Gasteiger partial charge in [0.25, 0.3) is 0 Å². The van der Waals surface area contributed by atoms with Crippen molar-refractivity contribution in [1.82, 2.24) is 9.80 Å². The van der Waals surface area contributed by atoms with Crippen molar-refractivity contribution in [2.75, 3.05) is 32.8 Å². The van der Waals surface area contributed by atoms with Crippen LogP contribution in [0.25, 0.3) is 0 Å². The van der Waals surface area contributed by atoms with Crippen molar-refractivity contribution in [3.63, 3.8) is 0 Å². The maximum atomic E-state index is 11.3. The van der Waals surface area contributed by atoms with Gasteiger partial charge in [0.15, 0.2) is 0 Å². The number of ether oxygens (including phenoxy) is 1. The van der Waals surface area contributed by atoms with Gasteiger partial charge in [-0.3, -0.25) is 9.69 Å². The zero-order valence-electron chi connectivity index (χ0n) is 8.52. The normalized spacial score (nSPS) is 27.9. The maximum Gasteiger partial charge on any atom is 0.323 e. The summed E-state index contributed by atoms with van der Waals surface area (Å²) >= 11 is 0. The topological polar surface area (TPSA) is 75.9 Å². The first-order valence-electron chi connectivity index (χ1n) is 5.13. The van der Waals surface area contributed by atoms with Crippen LogP contribution in [0.4, 0.5) is 4.79 Å². The monoisotopic (exact) mass is 213 g/mol. The van der Waals surface area contributed by atoms with Gasteiger partial charge in [-0.15, -0.1) is 0 Å². The standard InChI is InChI=1S/C9H15N3O3/c10-9(14)12-4-2-11(3-5-12)7-1-6-15-8(7)13/h7H,1-6H2,(H2,10,14). The Hall–Kier alpha value is -1.30. The van der Waals surface area contributed by atoms with Crippen molar-refractivity contribution in [3.05, 3.63) is 0 Å².